The average Bonchev–Trinajstić information content (AvgIpc) is 2.35. The summed E-state index contributed by atoms with van der Waals surface area (Å²) in [4.78, 5) is 22.6. The van der Waals surface area contributed by atoms with Gasteiger partial charge < -0.3 is 20.1 Å². The van der Waals surface area contributed by atoms with Crippen LogP contribution in [0.2, 0.25) is 0 Å². The Balaban J connectivity index is 3.82. The zero-order valence-corrected chi connectivity index (χ0v) is 13.0. The fourth-order valence-corrected chi connectivity index (χ4v) is 1.37. The number of alkyl carbamates (subject to hydrolysis) is 1. The summed E-state index contributed by atoms with van der Waals surface area (Å²) in [5, 5.41) is 5.65. The number of hydrogen-bond acceptors (Lipinski definition) is 5. The summed E-state index contributed by atoms with van der Waals surface area (Å²) in [6.07, 6.45) is 3.84. The molecule has 0 aromatic carbocycles. The third-order valence-electron chi connectivity index (χ3n) is 2.31. The maximum absolute atomic E-state index is 11.3. The van der Waals surface area contributed by atoms with Crippen molar-refractivity contribution in [2.24, 2.45) is 0 Å². The average molecular weight is 286 g/mol. The molecule has 0 aliphatic heterocycles. The van der Waals surface area contributed by atoms with E-state index >= 15 is 0 Å². The monoisotopic (exact) mass is 286 g/mol. The second-order valence-electron chi connectivity index (χ2n) is 5.25. The Morgan fingerprint density at radius 1 is 1.20 bits per heavy atom. The number of carbonyl (C=O) groups is 2. The van der Waals surface area contributed by atoms with Crippen LogP contribution in [0.25, 0.3) is 0 Å². The molecule has 1 amide bonds. The van der Waals surface area contributed by atoms with Crippen LogP contribution >= 0.6 is 0 Å². The highest BCUT2D eigenvalue weighted by atomic mass is 16.6. The lowest BCUT2D eigenvalue weighted by molar-refractivity contribution is -0.143. The minimum atomic E-state index is -0.496. The predicted molar refractivity (Wildman–Crippen MR) is 77.5 cm³/mol. The van der Waals surface area contributed by atoms with Crippen molar-refractivity contribution in [3.05, 3.63) is 12.2 Å². The molecule has 0 aliphatic carbocycles. The highest BCUT2D eigenvalue weighted by molar-refractivity contribution is 5.75. The number of ether oxygens (including phenoxy) is 2. The van der Waals surface area contributed by atoms with Gasteiger partial charge in [0, 0.05) is 13.1 Å². The minimum absolute atomic E-state index is 0.271. The zero-order valence-electron chi connectivity index (χ0n) is 13.0. The molecule has 0 aliphatic rings. The summed E-state index contributed by atoms with van der Waals surface area (Å²) in [5.74, 6) is -0.271. The largest absolute Gasteiger partial charge is 0.468 e. The van der Waals surface area contributed by atoms with Gasteiger partial charge in [0.2, 0.25) is 0 Å². The quantitative estimate of drug-likeness (QED) is 0.549. The standard InChI is InChI=1S/C14H26N2O4/c1-6-11(12(17)19-5)15-9-7-8-10-16-13(18)20-14(2,3)4/h7-8,11,15H,6,9-10H2,1-5H3,(H,16,18)/b8-7+. The highest BCUT2D eigenvalue weighted by Crippen LogP contribution is 2.06. The summed E-state index contributed by atoms with van der Waals surface area (Å²) in [6, 6.07) is -0.302. The molecule has 1 atom stereocenters. The highest BCUT2D eigenvalue weighted by Gasteiger charge is 2.15. The molecule has 0 saturated heterocycles. The van der Waals surface area contributed by atoms with Crippen LogP contribution in [0.15, 0.2) is 12.2 Å². The molecule has 0 aromatic heterocycles. The van der Waals surface area contributed by atoms with Gasteiger partial charge in [-0.1, -0.05) is 19.1 Å². The molecule has 1 unspecified atom stereocenters. The summed E-state index contributed by atoms with van der Waals surface area (Å²) in [5.41, 5.74) is -0.496. The predicted octanol–water partition coefficient (Wildman–Crippen LogP) is 1.61. The number of carbonyl (C=O) groups excluding carboxylic acids is 2. The van der Waals surface area contributed by atoms with Crippen LogP contribution in [-0.4, -0.2) is 43.9 Å². The third-order valence-corrected chi connectivity index (χ3v) is 2.31. The van der Waals surface area contributed by atoms with Crippen molar-refractivity contribution < 1.29 is 19.1 Å². The molecule has 20 heavy (non-hydrogen) atoms. The maximum atomic E-state index is 11.3. The van der Waals surface area contributed by atoms with E-state index in [-0.39, 0.29) is 12.0 Å². The van der Waals surface area contributed by atoms with Crippen LogP contribution in [0, 0.1) is 0 Å². The second-order valence-corrected chi connectivity index (χ2v) is 5.25. The van der Waals surface area contributed by atoms with E-state index in [0.29, 0.717) is 19.5 Å². The SMILES string of the molecule is CCC(NC/C=C/CNC(=O)OC(C)(C)C)C(=O)OC. The first-order valence-electron chi connectivity index (χ1n) is 6.73. The second kappa shape index (κ2) is 9.36. The Bertz CT molecular complexity index is 335. The van der Waals surface area contributed by atoms with E-state index in [1.165, 1.54) is 7.11 Å². The molecule has 2 N–H and O–H groups in total. The molecule has 0 rings (SSSR count). The lowest BCUT2D eigenvalue weighted by Gasteiger charge is -2.19. The van der Waals surface area contributed by atoms with Crippen LogP contribution in [-0.2, 0) is 14.3 Å². The summed E-state index contributed by atoms with van der Waals surface area (Å²) < 4.78 is 9.75. The topological polar surface area (TPSA) is 76.7 Å². The van der Waals surface area contributed by atoms with Crippen LogP contribution in [0.4, 0.5) is 4.79 Å². The molecule has 0 aromatic rings. The van der Waals surface area contributed by atoms with Crippen molar-refractivity contribution in [3.63, 3.8) is 0 Å². The maximum Gasteiger partial charge on any atom is 0.407 e. The smallest absolute Gasteiger partial charge is 0.407 e. The van der Waals surface area contributed by atoms with E-state index in [4.69, 9.17) is 4.74 Å². The molecule has 0 fully saturated rings. The van der Waals surface area contributed by atoms with Crippen LogP contribution in [0.5, 0.6) is 0 Å². The minimum Gasteiger partial charge on any atom is -0.468 e. The summed E-state index contributed by atoms with van der Waals surface area (Å²) in [6.45, 7) is 8.25. The Labute approximate surface area is 120 Å². The third kappa shape index (κ3) is 9.38. The molecule has 0 spiro atoms. The fourth-order valence-electron chi connectivity index (χ4n) is 1.37. The molecule has 6 heteroatoms. The molecule has 0 heterocycles. The van der Waals surface area contributed by atoms with Gasteiger partial charge in [0.15, 0.2) is 0 Å². The van der Waals surface area contributed by atoms with Gasteiger partial charge in [-0.2, -0.15) is 0 Å². The van der Waals surface area contributed by atoms with Gasteiger partial charge in [0.1, 0.15) is 11.6 Å². The number of hydrogen-bond donors (Lipinski definition) is 2. The van der Waals surface area contributed by atoms with E-state index in [0.717, 1.165) is 0 Å². The molecule has 6 nitrogen and oxygen atoms in total. The summed E-state index contributed by atoms with van der Waals surface area (Å²) in [7, 11) is 1.37. The first kappa shape index (κ1) is 18.4. The summed E-state index contributed by atoms with van der Waals surface area (Å²) >= 11 is 0. The van der Waals surface area contributed by atoms with Gasteiger partial charge in [-0.05, 0) is 27.2 Å². The molecule has 116 valence electrons. The Morgan fingerprint density at radius 2 is 1.80 bits per heavy atom. The Kier molecular flexibility index (Phi) is 8.63. The number of esters is 1. The Morgan fingerprint density at radius 3 is 2.30 bits per heavy atom. The van der Waals surface area contributed by atoms with Crippen LogP contribution in [0.3, 0.4) is 0 Å². The van der Waals surface area contributed by atoms with Gasteiger partial charge in [0.25, 0.3) is 0 Å². The number of methoxy groups -OCH3 is 1. The van der Waals surface area contributed by atoms with Gasteiger partial charge in [0.05, 0.1) is 7.11 Å². The van der Waals surface area contributed by atoms with Gasteiger partial charge in [-0.25, -0.2) is 4.79 Å². The fraction of sp³-hybridized carbons (Fsp3) is 0.714. The first-order chi connectivity index (χ1) is 9.30. The lowest BCUT2D eigenvalue weighted by Crippen LogP contribution is -2.37. The van der Waals surface area contributed by atoms with Gasteiger partial charge in [-0.15, -0.1) is 0 Å². The first-order valence-corrected chi connectivity index (χ1v) is 6.73. The molecular formula is C14H26N2O4. The van der Waals surface area contributed by atoms with Crippen molar-refractivity contribution in [1.29, 1.82) is 0 Å². The molecule has 0 saturated carbocycles. The zero-order chi connectivity index (χ0) is 15.6. The van der Waals surface area contributed by atoms with Crippen molar-refractivity contribution in [1.82, 2.24) is 10.6 Å². The van der Waals surface area contributed by atoms with Crippen molar-refractivity contribution in [3.8, 4) is 0 Å². The molecular weight excluding hydrogens is 260 g/mol. The van der Waals surface area contributed by atoms with E-state index in [2.05, 4.69) is 15.4 Å². The van der Waals surface area contributed by atoms with E-state index in [1.807, 2.05) is 33.8 Å². The van der Waals surface area contributed by atoms with Crippen LogP contribution < -0.4 is 10.6 Å². The van der Waals surface area contributed by atoms with E-state index < -0.39 is 11.7 Å². The molecule has 0 bridgehead atoms. The molecule has 0 radical (unpaired) electrons. The van der Waals surface area contributed by atoms with Gasteiger partial charge in [-0.3, -0.25) is 4.79 Å². The van der Waals surface area contributed by atoms with Gasteiger partial charge >= 0.3 is 12.1 Å². The lowest BCUT2D eigenvalue weighted by atomic mass is 10.2. The normalized spacial score (nSPS) is 13.1. The Hall–Kier alpha value is -1.56. The number of nitrogens with one attached hydrogen (secondary N) is 2. The van der Waals surface area contributed by atoms with E-state index in [9.17, 15) is 9.59 Å². The van der Waals surface area contributed by atoms with Crippen molar-refractivity contribution >= 4 is 12.1 Å². The number of rotatable bonds is 7. The van der Waals surface area contributed by atoms with Crippen molar-refractivity contribution in [2.75, 3.05) is 20.2 Å². The van der Waals surface area contributed by atoms with Crippen molar-refractivity contribution in [2.45, 2.75) is 45.8 Å². The number of amides is 1. The van der Waals surface area contributed by atoms with Crippen LogP contribution in [0.1, 0.15) is 34.1 Å². The van der Waals surface area contributed by atoms with E-state index in [1.54, 1.807) is 6.08 Å².